The molecule has 2 aromatic heterocycles. The van der Waals surface area contributed by atoms with Crippen LogP contribution >= 0.6 is 11.6 Å². The lowest BCUT2D eigenvalue weighted by atomic mass is 10.2. The number of rotatable bonds is 10. The van der Waals surface area contributed by atoms with Crippen LogP contribution in [0.4, 0.5) is 11.9 Å². The molecule has 0 unspecified atom stereocenters. The van der Waals surface area contributed by atoms with E-state index in [-0.39, 0.29) is 24.0 Å². The Hall–Kier alpha value is -3.20. The van der Waals surface area contributed by atoms with Crippen molar-refractivity contribution < 1.29 is 4.74 Å². The summed E-state index contributed by atoms with van der Waals surface area (Å²) in [6.07, 6.45) is 0. The molecule has 3 rings (SSSR count). The lowest BCUT2D eigenvalue weighted by molar-refractivity contribution is 0.402. The highest BCUT2D eigenvalue weighted by Crippen LogP contribution is 2.19. The molecular weight excluding hydrogens is 430 g/mol. The maximum absolute atomic E-state index is 12.3. The molecule has 0 aliphatic heterocycles. The van der Waals surface area contributed by atoms with Crippen LogP contribution in [0, 0.1) is 5.92 Å². The summed E-state index contributed by atoms with van der Waals surface area (Å²) in [7, 11) is 0. The molecular formula is C22H28ClN7O2. The molecule has 0 amide bonds. The Morgan fingerprint density at radius 3 is 2.44 bits per heavy atom. The molecule has 0 bridgehead atoms. The van der Waals surface area contributed by atoms with Gasteiger partial charge in [0.1, 0.15) is 0 Å². The molecule has 0 radical (unpaired) electrons. The van der Waals surface area contributed by atoms with Crippen molar-refractivity contribution in [3.63, 3.8) is 0 Å². The molecule has 0 atom stereocenters. The predicted molar refractivity (Wildman–Crippen MR) is 126 cm³/mol. The Bertz CT molecular complexity index is 1080. The van der Waals surface area contributed by atoms with Gasteiger partial charge >= 0.3 is 6.01 Å². The highest BCUT2D eigenvalue weighted by atomic mass is 35.5. The zero-order valence-corrected chi connectivity index (χ0v) is 19.5. The molecule has 1 N–H and O–H groups in total. The molecule has 3 aromatic rings. The highest BCUT2D eigenvalue weighted by molar-refractivity contribution is 6.30. The van der Waals surface area contributed by atoms with E-state index in [0.717, 1.165) is 18.7 Å². The summed E-state index contributed by atoms with van der Waals surface area (Å²) in [4.78, 5) is 27.6. The Balaban J connectivity index is 1.87. The van der Waals surface area contributed by atoms with Crippen LogP contribution in [0.5, 0.6) is 11.9 Å². The molecule has 10 heteroatoms. The largest absolute Gasteiger partial charge is 0.403 e. The van der Waals surface area contributed by atoms with Gasteiger partial charge in [-0.3, -0.25) is 4.79 Å². The summed E-state index contributed by atoms with van der Waals surface area (Å²) in [5.74, 6) is 1.58. The number of benzene rings is 1. The van der Waals surface area contributed by atoms with Crippen molar-refractivity contribution in [3.05, 3.63) is 57.3 Å². The Morgan fingerprint density at radius 1 is 1.06 bits per heavy atom. The number of nitrogens with one attached hydrogen (secondary N) is 1. The minimum atomic E-state index is -0.244. The zero-order valence-electron chi connectivity index (χ0n) is 18.7. The standard InChI is InChI=1S/C22H28ClN7O2/c1-5-29(6-2)21-25-20(24-13-15(3)4)26-22(27-21)32-18-11-12-19(31)30(28-18)14-16-7-9-17(23)10-8-16/h7-12,15H,5-6,13-14H2,1-4H3,(H,24,25,26,27). The molecule has 32 heavy (non-hydrogen) atoms. The van der Waals surface area contributed by atoms with Crippen LogP contribution in [0.3, 0.4) is 0 Å². The Labute approximate surface area is 192 Å². The SMILES string of the molecule is CCN(CC)c1nc(NCC(C)C)nc(Oc2ccc(=O)n(Cc3ccc(Cl)cc3)n2)n1. The summed E-state index contributed by atoms with van der Waals surface area (Å²) in [5.41, 5.74) is 0.649. The van der Waals surface area contributed by atoms with Crippen LogP contribution in [0.1, 0.15) is 33.3 Å². The normalized spacial score (nSPS) is 10.9. The van der Waals surface area contributed by atoms with Gasteiger partial charge in [-0.15, -0.1) is 5.10 Å². The fraction of sp³-hybridized carbons (Fsp3) is 0.409. The van der Waals surface area contributed by atoms with Crippen LogP contribution in [0.25, 0.3) is 0 Å². The molecule has 0 saturated carbocycles. The molecule has 0 fully saturated rings. The van der Waals surface area contributed by atoms with E-state index >= 15 is 0 Å². The first-order valence-corrected chi connectivity index (χ1v) is 11.0. The predicted octanol–water partition coefficient (Wildman–Crippen LogP) is 3.84. The third-order valence-corrected chi connectivity index (χ3v) is 4.85. The summed E-state index contributed by atoms with van der Waals surface area (Å²) >= 11 is 5.94. The first-order chi connectivity index (χ1) is 15.4. The van der Waals surface area contributed by atoms with E-state index in [4.69, 9.17) is 16.3 Å². The minimum absolute atomic E-state index is 0.109. The lowest BCUT2D eigenvalue weighted by Gasteiger charge is -2.19. The molecule has 170 valence electrons. The lowest BCUT2D eigenvalue weighted by Crippen LogP contribution is -2.25. The van der Waals surface area contributed by atoms with Gasteiger partial charge in [0.15, 0.2) is 0 Å². The van der Waals surface area contributed by atoms with Crippen molar-refractivity contribution in [1.82, 2.24) is 24.7 Å². The minimum Gasteiger partial charge on any atom is -0.403 e. The van der Waals surface area contributed by atoms with E-state index in [2.05, 4.69) is 39.2 Å². The van der Waals surface area contributed by atoms with Gasteiger partial charge in [0, 0.05) is 36.8 Å². The number of halogens is 1. The van der Waals surface area contributed by atoms with Gasteiger partial charge < -0.3 is 15.0 Å². The van der Waals surface area contributed by atoms with Crippen LogP contribution < -0.4 is 20.5 Å². The number of anilines is 2. The zero-order chi connectivity index (χ0) is 23.1. The van der Waals surface area contributed by atoms with E-state index in [1.54, 1.807) is 12.1 Å². The van der Waals surface area contributed by atoms with Crippen molar-refractivity contribution in [1.29, 1.82) is 0 Å². The van der Waals surface area contributed by atoms with Gasteiger partial charge in [-0.05, 0) is 37.5 Å². The molecule has 0 aliphatic rings. The smallest absolute Gasteiger partial charge is 0.330 e. The Morgan fingerprint density at radius 2 is 1.78 bits per heavy atom. The monoisotopic (exact) mass is 457 g/mol. The van der Waals surface area contributed by atoms with Crippen LogP contribution in [-0.4, -0.2) is 44.4 Å². The quantitative estimate of drug-likeness (QED) is 0.490. The van der Waals surface area contributed by atoms with Crippen molar-refractivity contribution >= 4 is 23.5 Å². The summed E-state index contributed by atoms with van der Waals surface area (Å²) in [6, 6.07) is 10.3. The van der Waals surface area contributed by atoms with Crippen LogP contribution in [0.15, 0.2) is 41.2 Å². The Kier molecular flexibility index (Phi) is 7.99. The van der Waals surface area contributed by atoms with E-state index in [9.17, 15) is 4.79 Å². The summed E-state index contributed by atoms with van der Waals surface area (Å²) in [6.45, 7) is 10.8. The summed E-state index contributed by atoms with van der Waals surface area (Å²) in [5, 5.41) is 8.17. The van der Waals surface area contributed by atoms with Gasteiger partial charge in [0.2, 0.25) is 17.8 Å². The second-order valence-electron chi connectivity index (χ2n) is 7.58. The van der Waals surface area contributed by atoms with E-state index < -0.39 is 0 Å². The number of nitrogens with zero attached hydrogens (tertiary/aromatic N) is 6. The van der Waals surface area contributed by atoms with E-state index in [1.165, 1.54) is 16.8 Å². The van der Waals surface area contributed by atoms with Crippen LogP contribution in [-0.2, 0) is 6.54 Å². The van der Waals surface area contributed by atoms with E-state index in [0.29, 0.717) is 29.4 Å². The van der Waals surface area contributed by atoms with Crippen molar-refractivity contribution in [2.75, 3.05) is 29.9 Å². The molecule has 0 spiro atoms. The first-order valence-electron chi connectivity index (χ1n) is 10.6. The molecule has 2 heterocycles. The average Bonchev–Trinajstić information content (AvgIpc) is 2.77. The molecule has 9 nitrogen and oxygen atoms in total. The fourth-order valence-electron chi connectivity index (χ4n) is 2.87. The van der Waals surface area contributed by atoms with Gasteiger partial charge in [-0.25, -0.2) is 4.68 Å². The molecule has 1 aromatic carbocycles. The average molecular weight is 458 g/mol. The number of hydrogen-bond donors (Lipinski definition) is 1. The number of aromatic nitrogens is 5. The second kappa shape index (κ2) is 10.9. The van der Waals surface area contributed by atoms with Gasteiger partial charge in [-0.2, -0.15) is 15.0 Å². The van der Waals surface area contributed by atoms with Crippen LogP contribution in [0.2, 0.25) is 5.02 Å². The van der Waals surface area contributed by atoms with Crippen molar-refractivity contribution in [2.24, 2.45) is 5.92 Å². The molecule has 0 saturated heterocycles. The number of ether oxygens (including phenoxy) is 1. The summed E-state index contributed by atoms with van der Waals surface area (Å²) < 4.78 is 7.16. The van der Waals surface area contributed by atoms with Crippen molar-refractivity contribution in [3.8, 4) is 11.9 Å². The fourth-order valence-corrected chi connectivity index (χ4v) is 2.99. The molecule has 0 aliphatic carbocycles. The third kappa shape index (κ3) is 6.40. The van der Waals surface area contributed by atoms with E-state index in [1.807, 2.05) is 30.9 Å². The second-order valence-corrected chi connectivity index (χ2v) is 8.02. The van der Waals surface area contributed by atoms with Crippen molar-refractivity contribution in [2.45, 2.75) is 34.2 Å². The highest BCUT2D eigenvalue weighted by Gasteiger charge is 2.14. The topological polar surface area (TPSA) is 98.1 Å². The maximum atomic E-state index is 12.3. The third-order valence-electron chi connectivity index (χ3n) is 4.60. The first kappa shape index (κ1) is 23.5. The van der Waals surface area contributed by atoms with Gasteiger partial charge in [-0.1, -0.05) is 37.6 Å². The number of hydrogen-bond acceptors (Lipinski definition) is 8. The maximum Gasteiger partial charge on any atom is 0.330 e. The van der Waals surface area contributed by atoms with Gasteiger partial charge in [0.25, 0.3) is 5.56 Å². The van der Waals surface area contributed by atoms with Gasteiger partial charge in [0.05, 0.1) is 6.54 Å².